The summed E-state index contributed by atoms with van der Waals surface area (Å²) in [6.07, 6.45) is 2.82. The third-order valence-corrected chi connectivity index (χ3v) is 8.01. The van der Waals surface area contributed by atoms with Crippen LogP contribution in [0.25, 0.3) is 6.08 Å². The van der Waals surface area contributed by atoms with Crippen molar-refractivity contribution in [3.63, 3.8) is 0 Å². The Balaban J connectivity index is 1.77. The van der Waals surface area contributed by atoms with Crippen LogP contribution >= 0.6 is 34.5 Å². The van der Waals surface area contributed by atoms with Gasteiger partial charge in [0.2, 0.25) is 0 Å². The number of fused-ring (bicyclic) bond motifs is 1. The number of carbonyl (C=O) groups is 1. The lowest BCUT2D eigenvalue weighted by Gasteiger charge is -2.35. The van der Waals surface area contributed by atoms with Gasteiger partial charge in [0.1, 0.15) is 5.75 Å². The van der Waals surface area contributed by atoms with Gasteiger partial charge in [-0.3, -0.25) is 14.2 Å². The van der Waals surface area contributed by atoms with Crippen LogP contribution in [0.4, 0.5) is 0 Å². The van der Waals surface area contributed by atoms with E-state index in [9.17, 15) is 9.59 Å². The number of rotatable bonds is 3. The van der Waals surface area contributed by atoms with Gasteiger partial charge in [-0.05, 0) is 47.2 Å². The zero-order chi connectivity index (χ0) is 24.2. The first-order valence-corrected chi connectivity index (χ1v) is 12.4. The summed E-state index contributed by atoms with van der Waals surface area (Å²) in [6.45, 7) is 4.14. The SMILES string of the molecule is COc1ccc(C2C3=C(CC(C)(C)CC3=O)N=c3sc(=Cc4cccc(Cl)c4Cl)c(=O)n32)cc1. The van der Waals surface area contributed by atoms with Crippen LogP contribution in [0.1, 0.15) is 43.9 Å². The number of Topliss-reactive ketones (excluding diaryl/α,β-unsaturated/α-hetero) is 1. The zero-order valence-corrected chi connectivity index (χ0v) is 21.2. The molecule has 174 valence electrons. The van der Waals surface area contributed by atoms with E-state index < -0.39 is 6.04 Å². The summed E-state index contributed by atoms with van der Waals surface area (Å²) in [6, 6.07) is 12.2. The van der Waals surface area contributed by atoms with Crippen LogP contribution in [0.15, 0.2) is 63.5 Å². The van der Waals surface area contributed by atoms with Crippen molar-refractivity contribution < 1.29 is 9.53 Å². The molecule has 1 aliphatic heterocycles. The van der Waals surface area contributed by atoms with Crippen LogP contribution in [-0.2, 0) is 4.79 Å². The molecular formula is C26H22Cl2N2O3S. The average molecular weight is 513 g/mol. The van der Waals surface area contributed by atoms with Crippen LogP contribution in [0.3, 0.4) is 0 Å². The van der Waals surface area contributed by atoms with Crippen LogP contribution in [0.2, 0.25) is 10.0 Å². The standard InChI is InChI=1S/C26H22Cl2N2O3S/c1-26(2)12-18-21(19(31)13-26)23(14-7-9-16(33-3)10-8-14)30-24(32)20(34-25(30)29-18)11-15-5-4-6-17(27)22(15)28/h4-11,23H,12-13H2,1-3H3. The number of carbonyl (C=O) groups excluding carboxylic acids is 1. The van der Waals surface area contributed by atoms with Crippen molar-refractivity contribution in [2.45, 2.75) is 32.7 Å². The number of hydrogen-bond acceptors (Lipinski definition) is 5. The lowest BCUT2D eigenvalue weighted by Crippen LogP contribution is -2.42. The minimum absolute atomic E-state index is 0.0305. The Morgan fingerprint density at radius 1 is 1.12 bits per heavy atom. The topological polar surface area (TPSA) is 60.7 Å². The molecule has 0 bridgehead atoms. The Morgan fingerprint density at radius 2 is 1.85 bits per heavy atom. The molecule has 0 N–H and O–H groups in total. The van der Waals surface area contributed by atoms with Gasteiger partial charge >= 0.3 is 0 Å². The van der Waals surface area contributed by atoms with E-state index in [1.54, 1.807) is 29.9 Å². The number of methoxy groups -OCH3 is 1. The summed E-state index contributed by atoms with van der Waals surface area (Å²) in [7, 11) is 1.60. The highest BCUT2D eigenvalue weighted by atomic mass is 35.5. The zero-order valence-electron chi connectivity index (χ0n) is 18.9. The Bertz CT molecular complexity index is 1530. The molecule has 34 heavy (non-hydrogen) atoms. The summed E-state index contributed by atoms with van der Waals surface area (Å²) in [4.78, 5) is 32.4. The Labute approximate surface area is 210 Å². The first kappa shape index (κ1) is 23.1. The van der Waals surface area contributed by atoms with Gasteiger partial charge in [0, 0.05) is 12.0 Å². The number of allylic oxidation sites excluding steroid dienone is 2. The summed E-state index contributed by atoms with van der Waals surface area (Å²) < 4.78 is 7.41. The second-order valence-corrected chi connectivity index (χ2v) is 11.1. The first-order valence-electron chi connectivity index (χ1n) is 10.8. The monoisotopic (exact) mass is 512 g/mol. The molecule has 5 rings (SSSR count). The fourth-order valence-corrected chi connectivity index (χ4v) is 6.00. The number of nitrogens with zero attached hydrogens (tertiary/aromatic N) is 2. The molecule has 3 aromatic rings. The van der Waals surface area contributed by atoms with E-state index in [-0.39, 0.29) is 16.8 Å². The van der Waals surface area contributed by atoms with E-state index in [2.05, 4.69) is 13.8 Å². The summed E-state index contributed by atoms with van der Waals surface area (Å²) in [5.41, 5.74) is 2.45. The van der Waals surface area contributed by atoms with Gasteiger partial charge in [0.25, 0.3) is 5.56 Å². The van der Waals surface area contributed by atoms with Crippen LogP contribution in [-0.4, -0.2) is 17.5 Å². The number of hydrogen-bond donors (Lipinski definition) is 0. The maximum atomic E-state index is 13.7. The predicted molar refractivity (Wildman–Crippen MR) is 136 cm³/mol. The minimum Gasteiger partial charge on any atom is -0.497 e. The lowest BCUT2D eigenvalue weighted by atomic mass is 9.73. The number of benzene rings is 2. The van der Waals surface area contributed by atoms with Gasteiger partial charge in [0.15, 0.2) is 10.6 Å². The molecule has 2 heterocycles. The molecule has 0 amide bonds. The lowest BCUT2D eigenvalue weighted by molar-refractivity contribution is -0.118. The van der Waals surface area contributed by atoms with Gasteiger partial charge in [-0.1, -0.05) is 72.7 Å². The van der Waals surface area contributed by atoms with Gasteiger partial charge in [-0.25, -0.2) is 4.99 Å². The maximum absolute atomic E-state index is 13.7. The average Bonchev–Trinajstić information content (AvgIpc) is 3.09. The molecule has 0 fully saturated rings. The van der Waals surface area contributed by atoms with Crippen molar-refractivity contribution in [2.75, 3.05) is 7.11 Å². The molecule has 1 unspecified atom stereocenters. The van der Waals surface area contributed by atoms with Crippen molar-refractivity contribution in [3.8, 4) is 5.75 Å². The third-order valence-electron chi connectivity index (χ3n) is 6.20. The van der Waals surface area contributed by atoms with E-state index >= 15 is 0 Å². The van der Waals surface area contributed by atoms with E-state index in [4.69, 9.17) is 32.9 Å². The second-order valence-electron chi connectivity index (χ2n) is 9.30. The molecule has 1 aliphatic carbocycles. The number of ketones is 1. The largest absolute Gasteiger partial charge is 0.497 e. The van der Waals surface area contributed by atoms with E-state index in [0.717, 1.165) is 11.3 Å². The van der Waals surface area contributed by atoms with Crippen LogP contribution in [0, 0.1) is 5.41 Å². The van der Waals surface area contributed by atoms with Gasteiger partial charge in [-0.15, -0.1) is 0 Å². The molecule has 0 saturated carbocycles. The van der Waals surface area contributed by atoms with Crippen molar-refractivity contribution >= 4 is 46.4 Å². The molecule has 2 aromatic carbocycles. The van der Waals surface area contributed by atoms with Gasteiger partial charge < -0.3 is 4.74 Å². The van der Waals surface area contributed by atoms with E-state index in [1.807, 2.05) is 30.3 Å². The van der Waals surface area contributed by atoms with Gasteiger partial charge in [0.05, 0.1) is 33.4 Å². The number of thiazole rings is 1. The number of halogens is 2. The second kappa shape index (κ2) is 8.52. The van der Waals surface area contributed by atoms with E-state index in [0.29, 0.717) is 49.1 Å². The quantitative estimate of drug-likeness (QED) is 0.500. The fourth-order valence-electron chi connectivity index (χ4n) is 4.62. The summed E-state index contributed by atoms with van der Waals surface area (Å²) in [5, 5.41) is 0.806. The minimum atomic E-state index is -0.544. The van der Waals surface area contributed by atoms with Crippen molar-refractivity contribution in [3.05, 3.63) is 94.6 Å². The smallest absolute Gasteiger partial charge is 0.271 e. The molecule has 0 spiro atoms. The molecule has 5 nitrogen and oxygen atoms in total. The normalized spacial score (nSPS) is 19.5. The summed E-state index contributed by atoms with van der Waals surface area (Å²) >= 11 is 13.8. The molecular weight excluding hydrogens is 491 g/mol. The van der Waals surface area contributed by atoms with E-state index in [1.165, 1.54) is 11.3 Å². The Kier molecular flexibility index (Phi) is 5.79. The number of ether oxygens (including phenoxy) is 1. The van der Waals surface area contributed by atoms with Crippen molar-refractivity contribution in [2.24, 2.45) is 10.4 Å². The Hall–Kier alpha value is -2.67. The van der Waals surface area contributed by atoms with Gasteiger partial charge in [-0.2, -0.15) is 0 Å². The Morgan fingerprint density at radius 3 is 2.56 bits per heavy atom. The van der Waals surface area contributed by atoms with Crippen LogP contribution in [0.5, 0.6) is 5.75 Å². The van der Waals surface area contributed by atoms with Crippen molar-refractivity contribution in [1.29, 1.82) is 0 Å². The van der Waals surface area contributed by atoms with Crippen molar-refractivity contribution in [1.82, 2.24) is 4.57 Å². The predicted octanol–water partition coefficient (Wildman–Crippen LogP) is 4.92. The molecule has 1 atom stereocenters. The number of aromatic nitrogens is 1. The summed E-state index contributed by atoms with van der Waals surface area (Å²) in [5.74, 6) is 0.736. The molecule has 8 heteroatoms. The highest BCUT2D eigenvalue weighted by Gasteiger charge is 2.40. The highest BCUT2D eigenvalue weighted by molar-refractivity contribution is 7.07. The molecule has 0 radical (unpaired) electrons. The fraction of sp³-hybridized carbons (Fsp3) is 0.269. The van der Waals surface area contributed by atoms with Crippen LogP contribution < -0.4 is 19.6 Å². The third kappa shape index (κ3) is 3.94. The first-order chi connectivity index (χ1) is 16.2. The molecule has 2 aliphatic rings. The molecule has 1 aromatic heterocycles. The highest BCUT2D eigenvalue weighted by Crippen LogP contribution is 2.43. The maximum Gasteiger partial charge on any atom is 0.271 e. The molecule has 0 saturated heterocycles.